The first-order valence-electron chi connectivity index (χ1n) is 12.4. The van der Waals surface area contributed by atoms with Gasteiger partial charge in [-0.2, -0.15) is 32.6 Å². The molecule has 0 radical (unpaired) electrons. The van der Waals surface area contributed by atoms with E-state index in [0.29, 0.717) is 0 Å². The van der Waals surface area contributed by atoms with Gasteiger partial charge in [-0.1, -0.05) is 57.9 Å². The van der Waals surface area contributed by atoms with Crippen molar-refractivity contribution in [1.29, 1.82) is 0 Å². The van der Waals surface area contributed by atoms with Crippen LogP contribution in [0.5, 0.6) is 0 Å². The average Bonchev–Trinajstić information content (AvgIpc) is 2.83. The minimum atomic E-state index is 0. The summed E-state index contributed by atoms with van der Waals surface area (Å²) in [5, 5.41) is 0. The van der Waals surface area contributed by atoms with Crippen molar-refractivity contribution in [2.45, 2.75) is 85.0 Å². The molecule has 0 nitrogen and oxygen atoms in total. The van der Waals surface area contributed by atoms with E-state index >= 15 is 0 Å². The Balaban J connectivity index is -0.0000000290. The van der Waals surface area contributed by atoms with E-state index in [0.717, 1.165) is 37.7 Å². The van der Waals surface area contributed by atoms with Gasteiger partial charge in [-0.25, -0.2) is 0 Å². The zero-order chi connectivity index (χ0) is 26.8. The summed E-state index contributed by atoms with van der Waals surface area (Å²) in [6.45, 7) is 18.4. The third-order valence-electron chi connectivity index (χ3n) is 3.19. The van der Waals surface area contributed by atoms with Gasteiger partial charge in [-0.15, -0.1) is 62.0 Å². The molecule has 0 aliphatic rings. The van der Waals surface area contributed by atoms with Gasteiger partial charge >= 0.3 is 0 Å². The van der Waals surface area contributed by atoms with Crippen LogP contribution in [0.15, 0.2) is 25.3 Å². The zero-order valence-corrected chi connectivity index (χ0v) is 42.9. The SMILES string of the molecule is C=CCCP.C=[C-]CCP.CCCCCP.CC[CH-]CCP.C[CH-]CCCP.[CH-]=CCCP.[W].[W].[W].[W]. The monoisotopic (exact) mass is 1310 g/mol. The summed E-state index contributed by atoms with van der Waals surface area (Å²) in [6, 6.07) is 0. The summed E-state index contributed by atoms with van der Waals surface area (Å²) in [5.41, 5.74) is 0. The second-order valence-corrected chi connectivity index (χ2v) is 10.0. The van der Waals surface area contributed by atoms with Crippen molar-refractivity contribution in [1.82, 2.24) is 0 Å². The second kappa shape index (κ2) is 97.2. The molecule has 0 bridgehead atoms. The van der Waals surface area contributed by atoms with Gasteiger partial charge in [0.2, 0.25) is 0 Å². The van der Waals surface area contributed by atoms with E-state index in [1.54, 1.807) is 6.08 Å². The zero-order valence-electron chi connectivity index (χ0n) is 24.2. The van der Waals surface area contributed by atoms with Crippen LogP contribution in [0.4, 0.5) is 0 Å². The summed E-state index contributed by atoms with van der Waals surface area (Å²) in [7, 11) is 15.9. The van der Waals surface area contributed by atoms with Crippen LogP contribution in [0.2, 0.25) is 0 Å². The fraction of sp³-hybridized carbons (Fsp3) is 0.704. The number of unbranched alkanes of at least 4 members (excludes halogenated alkanes) is 6. The number of hydrogen-bond donors (Lipinski definition) is 0. The van der Waals surface area contributed by atoms with E-state index in [2.05, 4.69) is 108 Å². The van der Waals surface area contributed by atoms with Gasteiger partial charge in [0.25, 0.3) is 0 Å². The Morgan fingerprint density at radius 1 is 0.730 bits per heavy atom. The summed E-state index contributed by atoms with van der Waals surface area (Å²) >= 11 is 0. The van der Waals surface area contributed by atoms with Gasteiger partial charge in [-0.05, 0) is 37.5 Å². The summed E-state index contributed by atoms with van der Waals surface area (Å²) in [4.78, 5) is 0. The molecule has 0 fully saturated rings. The van der Waals surface area contributed by atoms with E-state index in [-0.39, 0.29) is 84.3 Å². The van der Waals surface area contributed by atoms with Crippen molar-refractivity contribution < 1.29 is 84.3 Å². The van der Waals surface area contributed by atoms with Crippen molar-refractivity contribution >= 4 is 55.4 Å². The molecule has 0 aliphatic heterocycles. The van der Waals surface area contributed by atoms with Crippen LogP contribution < -0.4 is 0 Å². The van der Waals surface area contributed by atoms with Crippen LogP contribution >= 0.6 is 55.4 Å². The molecule has 0 N–H and O–H groups in total. The fourth-order valence-corrected chi connectivity index (χ4v) is 2.75. The fourth-order valence-electron chi connectivity index (χ4n) is 1.35. The predicted octanol–water partition coefficient (Wildman–Crippen LogP) is 9.69. The van der Waals surface area contributed by atoms with Crippen molar-refractivity contribution in [3.63, 3.8) is 0 Å². The molecule has 37 heavy (non-hydrogen) atoms. The third kappa shape index (κ3) is 158. The van der Waals surface area contributed by atoms with Gasteiger partial charge in [0.1, 0.15) is 0 Å². The largest absolute Gasteiger partial charge is 0.518 e. The second-order valence-electron chi connectivity index (χ2n) is 6.58. The standard InChI is InChI=1S/C5H13P.2C5H12P.C4H9P.2C4H8P.4W/c3*1-2-3-4-5-6;3*1-2-3-4-5;;;;/h2-6H2,1H3;3H,2,4-6H2,1H3;2H,3-6H2,1H3;2H,1,3-5H2;1,3-5H2;1-2H,3-5H2;;;;/q;2*-1;;2*-1;;;;. The average molecular weight is 1310 g/mol. The molecular formula is C27H62P6W4-4. The van der Waals surface area contributed by atoms with E-state index in [4.69, 9.17) is 6.58 Å². The quantitative estimate of drug-likeness (QED) is 0.0664. The van der Waals surface area contributed by atoms with Crippen molar-refractivity contribution in [2.24, 2.45) is 0 Å². The van der Waals surface area contributed by atoms with Gasteiger partial charge in [0.15, 0.2) is 0 Å². The molecule has 0 rings (SSSR count). The topological polar surface area (TPSA) is 0 Å². The maximum Gasteiger partial charge on any atom is 0 e. The summed E-state index contributed by atoms with van der Waals surface area (Å²) < 4.78 is 0. The molecule has 0 spiro atoms. The van der Waals surface area contributed by atoms with E-state index < -0.39 is 0 Å². The number of allylic oxidation sites excluding steroid dienone is 3. The normalized spacial score (nSPS) is 7.38. The summed E-state index contributed by atoms with van der Waals surface area (Å²) in [6.07, 6.45) is 30.1. The van der Waals surface area contributed by atoms with Gasteiger partial charge in [-0.3, -0.25) is 12.7 Å². The van der Waals surface area contributed by atoms with E-state index in [1.165, 1.54) is 63.4 Å². The van der Waals surface area contributed by atoms with E-state index in [9.17, 15) is 0 Å². The molecule has 0 aromatic heterocycles. The van der Waals surface area contributed by atoms with Crippen LogP contribution in [0, 0.1) is 25.5 Å². The van der Waals surface area contributed by atoms with Crippen molar-refractivity contribution in [3.8, 4) is 0 Å². The number of hydrogen-bond acceptors (Lipinski definition) is 0. The molecule has 0 saturated heterocycles. The molecule has 10 heteroatoms. The Morgan fingerprint density at radius 3 is 1.32 bits per heavy atom. The minimum Gasteiger partial charge on any atom is -0.518 e. The van der Waals surface area contributed by atoms with Gasteiger partial charge in [0, 0.05) is 84.3 Å². The van der Waals surface area contributed by atoms with Crippen LogP contribution in [0.1, 0.15) is 85.0 Å². The third-order valence-corrected chi connectivity index (χ3v) is 5.29. The molecule has 228 valence electrons. The first-order valence-corrected chi connectivity index (χ1v) is 17.3. The van der Waals surface area contributed by atoms with E-state index in [1.807, 2.05) is 6.08 Å². The van der Waals surface area contributed by atoms with Gasteiger partial charge in [0.05, 0.1) is 0 Å². The Kier molecular flexibility index (Phi) is 180. The Labute approximate surface area is 309 Å². The Bertz CT molecular complexity index is 237. The van der Waals surface area contributed by atoms with Crippen LogP contribution in [-0.4, -0.2) is 37.0 Å². The van der Waals surface area contributed by atoms with Crippen molar-refractivity contribution in [3.05, 3.63) is 50.8 Å². The van der Waals surface area contributed by atoms with Crippen LogP contribution in [0.3, 0.4) is 0 Å². The molecule has 0 aromatic rings. The first kappa shape index (κ1) is 68.6. The maximum absolute atomic E-state index is 5.00. The molecule has 6 unspecified atom stereocenters. The summed E-state index contributed by atoms with van der Waals surface area (Å²) in [5.74, 6) is 0. The Hall–Kier alpha value is 4.55. The van der Waals surface area contributed by atoms with Crippen LogP contribution in [-0.2, 0) is 84.3 Å². The predicted molar refractivity (Wildman–Crippen MR) is 187 cm³/mol. The number of rotatable bonds is 15. The minimum absolute atomic E-state index is 0. The van der Waals surface area contributed by atoms with Crippen molar-refractivity contribution in [2.75, 3.05) is 37.0 Å². The first-order chi connectivity index (χ1) is 16.0. The molecule has 0 amide bonds. The molecule has 0 heterocycles. The molecule has 0 aromatic carbocycles. The molecule has 0 saturated carbocycles. The van der Waals surface area contributed by atoms with Crippen LogP contribution in [0.25, 0.3) is 0 Å². The molecule has 0 aliphatic carbocycles. The smallest absolute Gasteiger partial charge is 0 e. The molecular weight excluding hydrogens is 1250 g/mol. The maximum atomic E-state index is 5.00. The molecule has 6 atom stereocenters. The Morgan fingerprint density at radius 2 is 1.24 bits per heavy atom. The van der Waals surface area contributed by atoms with Gasteiger partial charge < -0.3 is 25.5 Å².